The van der Waals surface area contributed by atoms with Gasteiger partial charge in [-0.25, -0.2) is 0 Å². The first kappa shape index (κ1) is 15.2. The van der Waals surface area contributed by atoms with Gasteiger partial charge in [0.05, 0.1) is 12.1 Å². The molecular weight excluding hydrogens is 244 g/mol. The lowest BCUT2D eigenvalue weighted by Crippen LogP contribution is -2.47. The summed E-state index contributed by atoms with van der Waals surface area (Å²) in [6.45, 7) is 4.85. The van der Waals surface area contributed by atoms with Crippen molar-refractivity contribution in [3.8, 4) is 0 Å². The molecule has 0 aliphatic carbocycles. The zero-order chi connectivity index (χ0) is 14.6. The number of nitrogens with zero attached hydrogens (tertiary/aromatic N) is 1. The van der Waals surface area contributed by atoms with Crippen LogP contribution in [0.25, 0.3) is 0 Å². The fourth-order valence-electron chi connectivity index (χ4n) is 1.51. The van der Waals surface area contributed by atoms with Crippen molar-refractivity contribution in [3.63, 3.8) is 0 Å². The van der Waals surface area contributed by atoms with Crippen LogP contribution >= 0.6 is 0 Å². The number of carbonyl (C=O) groups excluding carboxylic acids is 2. The minimum atomic E-state index is -0.638. The van der Waals surface area contributed by atoms with E-state index < -0.39 is 5.54 Å². The lowest BCUT2D eigenvalue weighted by atomic mass is 10.0. The maximum absolute atomic E-state index is 12.3. The molecule has 5 nitrogen and oxygen atoms in total. The van der Waals surface area contributed by atoms with Gasteiger partial charge < -0.3 is 15.3 Å². The Morgan fingerprint density at radius 3 is 2.53 bits per heavy atom. The second kappa shape index (κ2) is 5.84. The molecule has 0 spiro atoms. The van der Waals surface area contributed by atoms with Crippen molar-refractivity contribution in [2.75, 3.05) is 19.0 Å². The second-order valence-corrected chi connectivity index (χ2v) is 5.10. The number of hydrogen-bond donors (Lipinski definition) is 2. The molecule has 1 aromatic carbocycles. The van der Waals surface area contributed by atoms with Crippen LogP contribution in [0.5, 0.6) is 0 Å². The molecule has 104 valence electrons. The summed E-state index contributed by atoms with van der Waals surface area (Å²) in [7, 11) is 1.64. The van der Waals surface area contributed by atoms with Crippen LogP contribution in [-0.2, 0) is 4.79 Å². The lowest BCUT2D eigenvalue weighted by molar-refractivity contribution is -0.114. The standard InChI is InChI=1S/C14H20N2O3/c1-10(18)15-12-7-5-6-11(8-12)13(19)16(4)14(2,3)9-17/h5-8,17H,9H2,1-4H3,(H,15,18). The maximum Gasteiger partial charge on any atom is 0.254 e. The average Bonchev–Trinajstić information content (AvgIpc) is 2.36. The highest BCUT2D eigenvalue weighted by Crippen LogP contribution is 2.17. The van der Waals surface area contributed by atoms with E-state index in [0.717, 1.165) is 0 Å². The first-order valence-corrected chi connectivity index (χ1v) is 6.04. The Kier molecular flexibility index (Phi) is 4.67. The Labute approximate surface area is 113 Å². The van der Waals surface area contributed by atoms with Gasteiger partial charge in [0.2, 0.25) is 5.91 Å². The molecule has 0 radical (unpaired) electrons. The Balaban J connectivity index is 2.97. The fourth-order valence-corrected chi connectivity index (χ4v) is 1.51. The Morgan fingerprint density at radius 1 is 1.37 bits per heavy atom. The van der Waals surface area contributed by atoms with E-state index in [4.69, 9.17) is 0 Å². The monoisotopic (exact) mass is 264 g/mol. The van der Waals surface area contributed by atoms with E-state index in [1.807, 2.05) is 0 Å². The highest BCUT2D eigenvalue weighted by Gasteiger charge is 2.27. The molecule has 0 saturated heterocycles. The fraction of sp³-hybridized carbons (Fsp3) is 0.429. The van der Waals surface area contributed by atoms with E-state index >= 15 is 0 Å². The van der Waals surface area contributed by atoms with E-state index in [1.54, 1.807) is 45.2 Å². The summed E-state index contributed by atoms with van der Waals surface area (Å²) >= 11 is 0. The summed E-state index contributed by atoms with van der Waals surface area (Å²) in [4.78, 5) is 24.8. The van der Waals surface area contributed by atoms with Crippen molar-refractivity contribution in [1.82, 2.24) is 4.90 Å². The summed E-state index contributed by atoms with van der Waals surface area (Å²) in [5.74, 6) is -0.389. The lowest BCUT2D eigenvalue weighted by Gasteiger charge is -2.34. The normalized spacial score (nSPS) is 11.0. The number of likely N-dealkylation sites (N-methyl/N-ethyl adjacent to an activating group) is 1. The number of aliphatic hydroxyl groups excluding tert-OH is 1. The van der Waals surface area contributed by atoms with Crippen molar-refractivity contribution in [3.05, 3.63) is 29.8 Å². The predicted octanol–water partition coefficient (Wildman–Crippen LogP) is 1.49. The Bertz CT molecular complexity index is 483. The molecule has 2 N–H and O–H groups in total. The molecular formula is C14H20N2O3. The summed E-state index contributed by atoms with van der Waals surface area (Å²) in [6.07, 6.45) is 0. The number of amides is 2. The van der Waals surface area contributed by atoms with Crippen LogP contribution in [0.2, 0.25) is 0 Å². The first-order chi connectivity index (χ1) is 8.77. The van der Waals surface area contributed by atoms with E-state index in [1.165, 1.54) is 11.8 Å². The molecule has 0 bridgehead atoms. The Hall–Kier alpha value is -1.88. The van der Waals surface area contributed by atoms with Gasteiger partial charge in [0, 0.05) is 25.2 Å². The van der Waals surface area contributed by atoms with Gasteiger partial charge in [-0.15, -0.1) is 0 Å². The van der Waals surface area contributed by atoms with E-state index in [-0.39, 0.29) is 18.4 Å². The average molecular weight is 264 g/mol. The van der Waals surface area contributed by atoms with Gasteiger partial charge >= 0.3 is 0 Å². The van der Waals surface area contributed by atoms with Crippen LogP contribution in [0.15, 0.2) is 24.3 Å². The zero-order valence-corrected chi connectivity index (χ0v) is 11.7. The quantitative estimate of drug-likeness (QED) is 0.865. The molecule has 0 heterocycles. The van der Waals surface area contributed by atoms with Gasteiger partial charge in [0.15, 0.2) is 0 Å². The van der Waals surface area contributed by atoms with Gasteiger partial charge in [-0.3, -0.25) is 9.59 Å². The first-order valence-electron chi connectivity index (χ1n) is 6.04. The number of aliphatic hydroxyl groups is 1. The number of rotatable bonds is 4. The van der Waals surface area contributed by atoms with Crippen LogP contribution in [0.1, 0.15) is 31.1 Å². The molecule has 19 heavy (non-hydrogen) atoms. The van der Waals surface area contributed by atoms with Crippen molar-refractivity contribution in [2.45, 2.75) is 26.3 Å². The smallest absolute Gasteiger partial charge is 0.254 e. The third-order valence-corrected chi connectivity index (χ3v) is 3.03. The summed E-state index contributed by atoms with van der Waals surface area (Å²) in [5.41, 5.74) is 0.407. The highest BCUT2D eigenvalue weighted by atomic mass is 16.3. The molecule has 0 atom stereocenters. The molecule has 1 aromatic rings. The summed E-state index contributed by atoms with van der Waals surface area (Å²) in [5, 5.41) is 11.9. The number of nitrogens with one attached hydrogen (secondary N) is 1. The zero-order valence-electron chi connectivity index (χ0n) is 11.7. The van der Waals surface area contributed by atoms with Gasteiger partial charge in [-0.05, 0) is 32.0 Å². The highest BCUT2D eigenvalue weighted by molar-refractivity contribution is 5.97. The number of carbonyl (C=O) groups is 2. The third-order valence-electron chi connectivity index (χ3n) is 3.03. The minimum Gasteiger partial charge on any atom is -0.394 e. The predicted molar refractivity (Wildman–Crippen MR) is 74.0 cm³/mol. The molecule has 5 heteroatoms. The number of hydrogen-bond acceptors (Lipinski definition) is 3. The van der Waals surface area contributed by atoms with Crippen LogP contribution in [0, 0.1) is 0 Å². The molecule has 1 rings (SSSR count). The largest absolute Gasteiger partial charge is 0.394 e. The van der Waals surface area contributed by atoms with Crippen LogP contribution in [-0.4, -0.2) is 41.0 Å². The third kappa shape index (κ3) is 3.79. The molecule has 2 amide bonds. The van der Waals surface area contributed by atoms with E-state index in [2.05, 4.69) is 5.32 Å². The van der Waals surface area contributed by atoms with Crippen molar-refractivity contribution < 1.29 is 14.7 Å². The van der Waals surface area contributed by atoms with E-state index in [9.17, 15) is 14.7 Å². The van der Waals surface area contributed by atoms with Crippen molar-refractivity contribution in [1.29, 1.82) is 0 Å². The second-order valence-electron chi connectivity index (χ2n) is 5.10. The summed E-state index contributed by atoms with van der Waals surface area (Å²) in [6, 6.07) is 6.72. The molecule has 0 aliphatic rings. The molecule has 0 saturated carbocycles. The summed E-state index contributed by atoms with van der Waals surface area (Å²) < 4.78 is 0. The van der Waals surface area contributed by atoms with Crippen LogP contribution in [0.4, 0.5) is 5.69 Å². The number of anilines is 1. The minimum absolute atomic E-state index is 0.124. The van der Waals surface area contributed by atoms with Gasteiger partial charge in [-0.1, -0.05) is 6.07 Å². The van der Waals surface area contributed by atoms with Crippen LogP contribution in [0.3, 0.4) is 0 Å². The van der Waals surface area contributed by atoms with Crippen molar-refractivity contribution in [2.24, 2.45) is 0 Å². The SMILES string of the molecule is CC(=O)Nc1cccc(C(=O)N(C)C(C)(C)CO)c1. The van der Waals surface area contributed by atoms with E-state index in [0.29, 0.717) is 11.3 Å². The number of benzene rings is 1. The molecule has 0 aromatic heterocycles. The van der Waals surface area contributed by atoms with Crippen LogP contribution < -0.4 is 5.32 Å². The molecule has 0 unspecified atom stereocenters. The van der Waals surface area contributed by atoms with Gasteiger partial charge in [0.1, 0.15) is 0 Å². The van der Waals surface area contributed by atoms with Gasteiger partial charge in [-0.2, -0.15) is 0 Å². The topological polar surface area (TPSA) is 69.6 Å². The molecule has 0 aliphatic heterocycles. The molecule has 0 fully saturated rings. The van der Waals surface area contributed by atoms with Crippen molar-refractivity contribution >= 4 is 17.5 Å². The van der Waals surface area contributed by atoms with Gasteiger partial charge in [0.25, 0.3) is 5.91 Å². The Morgan fingerprint density at radius 2 is 2.00 bits per heavy atom. The maximum atomic E-state index is 12.3.